The van der Waals surface area contributed by atoms with Crippen molar-refractivity contribution in [3.05, 3.63) is 34.2 Å². The lowest BCUT2D eigenvalue weighted by atomic mass is 10.2. The quantitative estimate of drug-likeness (QED) is 0.747. The van der Waals surface area contributed by atoms with Crippen LogP contribution in [0.5, 0.6) is 0 Å². The molecule has 2 rings (SSSR count). The zero-order chi connectivity index (χ0) is 13.8. The van der Waals surface area contributed by atoms with Gasteiger partial charge in [-0.15, -0.1) is 0 Å². The fourth-order valence-corrected chi connectivity index (χ4v) is 2.03. The van der Waals surface area contributed by atoms with Gasteiger partial charge in [-0.25, -0.2) is 0 Å². The van der Waals surface area contributed by atoms with Crippen LogP contribution in [0.25, 0.3) is 0 Å². The van der Waals surface area contributed by atoms with Gasteiger partial charge in [0.15, 0.2) is 0 Å². The summed E-state index contributed by atoms with van der Waals surface area (Å²) in [4.78, 5) is 39.5. The molecule has 1 fully saturated rings. The fraction of sp³-hybridized carbons (Fsp3) is 0.417. The second-order valence-corrected chi connectivity index (χ2v) is 4.40. The molecule has 0 saturated carbocycles. The Labute approximate surface area is 109 Å². The highest BCUT2D eigenvalue weighted by atomic mass is 16.4. The normalized spacial score (nSPS) is 16.3. The number of carboxylic acid groups (broad SMARTS) is 1. The third-order valence-electron chi connectivity index (χ3n) is 3.05. The maximum atomic E-state index is 12.1. The minimum Gasteiger partial charge on any atom is -0.480 e. The summed E-state index contributed by atoms with van der Waals surface area (Å²) >= 11 is 0. The van der Waals surface area contributed by atoms with E-state index in [1.165, 1.54) is 18.3 Å². The van der Waals surface area contributed by atoms with E-state index < -0.39 is 5.97 Å². The molecule has 102 valence electrons. The Hall–Kier alpha value is -2.15. The number of carbonyl (C=O) groups is 2. The second-order valence-electron chi connectivity index (χ2n) is 4.40. The number of nitrogens with zero attached hydrogens (tertiary/aromatic N) is 2. The Bertz CT molecular complexity index is 512. The standard InChI is InChI=1S/C12H15N3O4/c16-10-2-1-9(7-13-10)12(19)15-5-3-14(4-6-15)8-11(17)18/h1-2,7H,3-6,8H2,(H,13,16)(H,17,18). The minimum absolute atomic E-state index is 0.000682. The Kier molecular flexibility index (Phi) is 3.96. The van der Waals surface area contributed by atoms with Crippen molar-refractivity contribution in [1.29, 1.82) is 0 Å². The molecule has 0 bridgehead atoms. The van der Waals surface area contributed by atoms with E-state index in [4.69, 9.17) is 5.11 Å². The average Bonchev–Trinajstić information content (AvgIpc) is 2.39. The van der Waals surface area contributed by atoms with Gasteiger partial charge < -0.3 is 15.0 Å². The molecular formula is C12H15N3O4. The number of rotatable bonds is 3. The number of carboxylic acids is 1. The molecule has 1 aliphatic rings. The molecular weight excluding hydrogens is 250 g/mol. The number of hydrogen-bond acceptors (Lipinski definition) is 4. The second kappa shape index (κ2) is 5.66. The van der Waals surface area contributed by atoms with E-state index in [9.17, 15) is 14.4 Å². The molecule has 0 radical (unpaired) electrons. The number of H-pyrrole nitrogens is 1. The van der Waals surface area contributed by atoms with E-state index in [1.54, 1.807) is 9.80 Å². The molecule has 1 amide bonds. The molecule has 7 nitrogen and oxygen atoms in total. The Morgan fingerprint density at radius 2 is 1.89 bits per heavy atom. The Morgan fingerprint density at radius 3 is 2.42 bits per heavy atom. The van der Waals surface area contributed by atoms with E-state index in [2.05, 4.69) is 4.98 Å². The first-order valence-corrected chi connectivity index (χ1v) is 5.98. The van der Waals surface area contributed by atoms with E-state index in [0.717, 1.165) is 0 Å². The Balaban J connectivity index is 1.94. The number of aromatic nitrogens is 1. The lowest BCUT2D eigenvalue weighted by molar-refractivity contribution is -0.138. The highest BCUT2D eigenvalue weighted by Gasteiger charge is 2.23. The lowest BCUT2D eigenvalue weighted by Gasteiger charge is -2.33. The molecule has 0 atom stereocenters. The van der Waals surface area contributed by atoms with Crippen LogP contribution in [0.1, 0.15) is 10.4 Å². The van der Waals surface area contributed by atoms with Crippen LogP contribution >= 0.6 is 0 Å². The van der Waals surface area contributed by atoms with E-state index in [0.29, 0.717) is 31.7 Å². The number of aliphatic carboxylic acids is 1. The van der Waals surface area contributed by atoms with Crippen LogP contribution in [0.3, 0.4) is 0 Å². The molecule has 7 heteroatoms. The molecule has 2 heterocycles. The number of hydrogen-bond donors (Lipinski definition) is 2. The van der Waals surface area contributed by atoms with E-state index >= 15 is 0 Å². The number of aromatic amines is 1. The third kappa shape index (κ3) is 3.41. The van der Waals surface area contributed by atoms with Gasteiger partial charge in [0.05, 0.1) is 12.1 Å². The number of piperazine rings is 1. The Morgan fingerprint density at radius 1 is 1.21 bits per heavy atom. The molecule has 0 aliphatic carbocycles. The summed E-state index contributed by atoms with van der Waals surface area (Å²) in [5, 5.41) is 8.69. The van der Waals surface area contributed by atoms with Crippen molar-refractivity contribution in [3.8, 4) is 0 Å². The van der Waals surface area contributed by atoms with Gasteiger partial charge in [0, 0.05) is 38.4 Å². The van der Waals surface area contributed by atoms with Crippen molar-refractivity contribution in [2.45, 2.75) is 0 Å². The van der Waals surface area contributed by atoms with Gasteiger partial charge in [0.1, 0.15) is 0 Å². The number of pyridine rings is 1. The van der Waals surface area contributed by atoms with Crippen molar-refractivity contribution < 1.29 is 14.7 Å². The summed E-state index contributed by atoms with van der Waals surface area (Å²) in [5.74, 6) is -1.01. The highest BCUT2D eigenvalue weighted by Crippen LogP contribution is 2.07. The first-order chi connectivity index (χ1) is 9.06. The van der Waals surface area contributed by atoms with E-state index in [-0.39, 0.29) is 18.0 Å². The van der Waals surface area contributed by atoms with Gasteiger partial charge in [0.25, 0.3) is 5.91 Å². The molecule has 1 aliphatic heterocycles. The fourth-order valence-electron chi connectivity index (χ4n) is 2.03. The monoisotopic (exact) mass is 265 g/mol. The molecule has 0 unspecified atom stereocenters. The lowest BCUT2D eigenvalue weighted by Crippen LogP contribution is -2.49. The first kappa shape index (κ1) is 13.3. The summed E-state index contributed by atoms with van der Waals surface area (Å²) in [6.45, 7) is 2.07. The molecule has 0 spiro atoms. The average molecular weight is 265 g/mol. The predicted octanol–water partition coefficient (Wildman–Crippen LogP) is -0.783. The van der Waals surface area contributed by atoms with Crippen molar-refractivity contribution in [1.82, 2.24) is 14.8 Å². The van der Waals surface area contributed by atoms with Gasteiger partial charge in [-0.2, -0.15) is 0 Å². The maximum Gasteiger partial charge on any atom is 0.317 e. The van der Waals surface area contributed by atoms with Crippen LogP contribution in [0.15, 0.2) is 23.1 Å². The number of carbonyl (C=O) groups excluding carboxylic acids is 1. The zero-order valence-electron chi connectivity index (χ0n) is 10.3. The van der Waals surface area contributed by atoms with Crippen LogP contribution < -0.4 is 5.56 Å². The predicted molar refractivity (Wildman–Crippen MR) is 67.0 cm³/mol. The maximum absolute atomic E-state index is 12.1. The largest absolute Gasteiger partial charge is 0.480 e. The minimum atomic E-state index is -0.861. The van der Waals surface area contributed by atoms with Crippen LogP contribution in [0.4, 0.5) is 0 Å². The SMILES string of the molecule is O=C(O)CN1CCN(C(=O)c2ccc(=O)[nH]c2)CC1. The third-order valence-corrected chi connectivity index (χ3v) is 3.05. The summed E-state index contributed by atoms with van der Waals surface area (Å²) in [5.41, 5.74) is 0.189. The van der Waals surface area contributed by atoms with Crippen molar-refractivity contribution >= 4 is 11.9 Å². The van der Waals surface area contributed by atoms with Gasteiger partial charge in [0.2, 0.25) is 5.56 Å². The molecule has 1 saturated heterocycles. The number of amides is 1. The molecule has 0 aromatic carbocycles. The van der Waals surface area contributed by atoms with Crippen molar-refractivity contribution in [3.63, 3.8) is 0 Å². The van der Waals surface area contributed by atoms with Gasteiger partial charge in [-0.05, 0) is 6.07 Å². The summed E-state index contributed by atoms with van der Waals surface area (Å²) in [6, 6.07) is 2.80. The van der Waals surface area contributed by atoms with Crippen molar-refractivity contribution in [2.24, 2.45) is 0 Å². The topological polar surface area (TPSA) is 93.7 Å². The molecule has 1 aromatic heterocycles. The van der Waals surface area contributed by atoms with Crippen LogP contribution in [-0.4, -0.2) is 64.5 Å². The molecule has 2 N–H and O–H groups in total. The van der Waals surface area contributed by atoms with Gasteiger partial charge >= 0.3 is 5.97 Å². The summed E-state index contributed by atoms with van der Waals surface area (Å²) in [6.07, 6.45) is 1.40. The molecule has 19 heavy (non-hydrogen) atoms. The van der Waals surface area contributed by atoms with Crippen LogP contribution in [0, 0.1) is 0 Å². The van der Waals surface area contributed by atoms with Crippen LogP contribution in [0.2, 0.25) is 0 Å². The zero-order valence-corrected chi connectivity index (χ0v) is 10.3. The van der Waals surface area contributed by atoms with Gasteiger partial charge in [-0.1, -0.05) is 0 Å². The molecule has 1 aromatic rings. The summed E-state index contributed by atoms with van der Waals surface area (Å²) in [7, 11) is 0. The first-order valence-electron chi connectivity index (χ1n) is 5.98. The van der Waals surface area contributed by atoms with Crippen molar-refractivity contribution in [2.75, 3.05) is 32.7 Å². The van der Waals surface area contributed by atoms with Gasteiger partial charge in [-0.3, -0.25) is 19.3 Å². The summed E-state index contributed by atoms with van der Waals surface area (Å²) < 4.78 is 0. The van der Waals surface area contributed by atoms with Crippen LogP contribution in [-0.2, 0) is 4.79 Å². The highest BCUT2D eigenvalue weighted by molar-refractivity contribution is 5.93. The van der Waals surface area contributed by atoms with E-state index in [1.807, 2.05) is 0 Å². The number of nitrogens with one attached hydrogen (secondary N) is 1. The smallest absolute Gasteiger partial charge is 0.317 e.